The van der Waals surface area contributed by atoms with Crippen molar-refractivity contribution in [3.63, 3.8) is 0 Å². The van der Waals surface area contributed by atoms with Gasteiger partial charge in [0, 0.05) is 37.6 Å². The number of para-hydroxylation sites is 1. The molecule has 1 aliphatic heterocycles. The minimum Gasteiger partial charge on any atom is -0.353 e. The minimum absolute atomic E-state index is 0.0422. The number of piperazine rings is 1. The molecular weight excluding hydrogens is 328 g/mol. The van der Waals surface area contributed by atoms with Crippen molar-refractivity contribution in [2.75, 3.05) is 32.7 Å². The first kappa shape index (κ1) is 18.3. The number of hydrogen-bond donors (Lipinski definition) is 1. The Morgan fingerprint density at radius 3 is 2.58 bits per heavy atom. The molecule has 1 aromatic carbocycles. The molecule has 1 unspecified atom stereocenters. The van der Waals surface area contributed by atoms with E-state index in [2.05, 4.69) is 22.1 Å². The second-order valence-corrected chi connectivity index (χ2v) is 6.83. The lowest BCUT2D eigenvalue weighted by atomic mass is 10.2. The Bertz CT molecular complexity index is 784. The van der Waals surface area contributed by atoms with Crippen LogP contribution in [0.25, 0.3) is 10.9 Å². The summed E-state index contributed by atoms with van der Waals surface area (Å²) in [6.07, 6.45) is 0.923. The number of nitrogens with zero attached hydrogens (tertiary/aromatic N) is 3. The average Bonchev–Trinajstić information content (AvgIpc) is 2.67. The quantitative estimate of drug-likeness (QED) is 0.891. The van der Waals surface area contributed by atoms with Crippen molar-refractivity contribution in [2.45, 2.75) is 26.3 Å². The topological polar surface area (TPSA) is 65.5 Å². The van der Waals surface area contributed by atoms with Crippen LogP contribution in [-0.2, 0) is 4.79 Å². The highest BCUT2D eigenvalue weighted by Gasteiger charge is 2.24. The third kappa shape index (κ3) is 4.38. The number of rotatable bonds is 5. The molecule has 2 aromatic rings. The Morgan fingerprint density at radius 1 is 1.12 bits per heavy atom. The molecule has 3 rings (SSSR count). The van der Waals surface area contributed by atoms with Gasteiger partial charge in [0.15, 0.2) is 0 Å². The Balaban J connectivity index is 1.55. The minimum atomic E-state index is -0.0422. The van der Waals surface area contributed by atoms with Crippen molar-refractivity contribution in [1.82, 2.24) is 20.1 Å². The number of benzene rings is 1. The van der Waals surface area contributed by atoms with E-state index in [1.165, 1.54) is 0 Å². The van der Waals surface area contributed by atoms with Crippen LogP contribution in [0.4, 0.5) is 0 Å². The van der Waals surface area contributed by atoms with Crippen LogP contribution in [0.5, 0.6) is 0 Å². The maximum absolute atomic E-state index is 12.7. The van der Waals surface area contributed by atoms with Gasteiger partial charge in [0.25, 0.3) is 5.91 Å². The first-order chi connectivity index (χ1) is 12.6. The van der Waals surface area contributed by atoms with Gasteiger partial charge >= 0.3 is 0 Å². The van der Waals surface area contributed by atoms with E-state index in [1.807, 2.05) is 42.2 Å². The smallest absolute Gasteiger partial charge is 0.272 e. The number of carbonyl (C=O) groups excluding carboxylic acids is 2. The van der Waals surface area contributed by atoms with Gasteiger partial charge in [-0.25, -0.2) is 4.98 Å². The second-order valence-electron chi connectivity index (χ2n) is 6.83. The summed E-state index contributed by atoms with van der Waals surface area (Å²) in [6.45, 7) is 7.08. The predicted molar refractivity (Wildman–Crippen MR) is 102 cm³/mol. The van der Waals surface area contributed by atoms with E-state index < -0.39 is 0 Å². The molecule has 0 bridgehead atoms. The molecule has 1 aromatic heterocycles. The molecule has 6 heteroatoms. The SMILES string of the molecule is CCC(C)NC(=O)CN1CCN(C(=O)c2ccc3ccccc3n2)CC1. The van der Waals surface area contributed by atoms with Crippen LogP contribution < -0.4 is 5.32 Å². The van der Waals surface area contributed by atoms with Gasteiger partial charge in [-0.3, -0.25) is 14.5 Å². The van der Waals surface area contributed by atoms with Crippen LogP contribution >= 0.6 is 0 Å². The highest BCUT2D eigenvalue weighted by Crippen LogP contribution is 2.14. The third-order valence-electron chi connectivity index (χ3n) is 4.86. The van der Waals surface area contributed by atoms with Gasteiger partial charge in [0.1, 0.15) is 5.69 Å². The van der Waals surface area contributed by atoms with Gasteiger partial charge in [0.05, 0.1) is 12.1 Å². The monoisotopic (exact) mass is 354 g/mol. The molecule has 1 fully saturated rings. The van der Waals surface area contributed by atoms with Crippen molar-refractivity contribution in [2.24, 2.45) is 0 Å². The summed E-state index contributed by atoms with van der Waals surface area (Å²) in [7, 11) is 0. The van der Waals surface area contributed by atoms with E-state index in [9.17, 15) is 9.59 Å². The Morgan fingerprint density at radius 2 is 1.85 bits per heavy atom. The van der Waals surface area contributed by atoms with Gasteiger partial charge in [-0.1, -0.05) is 31.2 Å². The highest BCUT2D eigenvalue weighted by atomic mass is 16.2. The lowest BCUT2D eigenvalue weighted by Crippen LogP contribution is -2.51. The van der Waals surface area contributed by atoms with E-state index in [4.69, 9.17) is 0 Å². The molecule has 0 saturated carbocycles. The number of aromatic nitrogens is 1. The molecule has 26 heavy (non-hydrogen) atoms. The van der Waals surface area contributed by atoms with E-state index in [1.54, 1.807) is 6.07 Å². The number of fused-ring (bicyclic) bond motifs is 1. The first-order valence-electron chi connectivity index (χ1n) is 9.23. The van der Waals surface area contributed by atoms with Crippen molar-refractivity contribution < 1.29 is 9.59 Å². The second kappa shape index (κ2) is 8.27. The number of carbonyl (C=O) groups is 2. The number of nitrogens with one attached hydrogen (secondary N) is 1. The van der Waals surface area contributed by atoms with Gasteiger partial charge in [-0.2, -0.15) is 0 Å². The van der Waals surface area contributed by atoms with Crippen LogP contribution in [0, 0.1) is 0 Å². The zero-order valence-electron chi connectivity index (χ0n) is 15.4. The molecule has 1 saturated heterocycles. The Hall–Kier alpha value is -2.47. The van der Waals surface area contributed by atoms with Crippen LogP contribution in [0.15, 0.2) is 36.4 Å². The summed E-state index contributed by atoms with van der Waals surface area (Å²) in [5.41, 5.74) is 1.31. The molecule has 2 heterocycles. The molecule has 6 nitrogen and oxygen atoms in total. The zero-order chi connectivity index (χ0) is 18.5. The summed E-state index contributed by atoms with van der Waals surface area (Å²) in [5.74, 6) is 0.00906. The predicted octanol–water partition coefficient (Wildman–Crippen LogP) is 1.91. The summed E-state index contributed by atoms with van der Waals surface area (Å²) < 4.78 is 0. The van der Waals surface area contributed by atoms with Crippen molar-refractivity contribution in [3.05, 3.63) is 42.1 Å². The van der Waals surface area contributed by atoms with Crippen LogP contribution in [0.2, 0.25) is 0 Å². The van der Waals surface area contributed by atoms with Gasteiger partial charge in [-0.15, -0.1) is 0 Å². The van der Waals surface area contributed by atoms with Crippen LogP contribution in [-0.4, -0.2) is 65.4 Å². The standard InChI is InChI=1S/C20H26N4O2/c1-3-15(2)21-19(25)14-23-10-12-24(13-11-23)20(26)18-9-8-16-6-4-5-7-17(16)22-18/h4-9,15H,3,10-14H2,1-2H3,(H,21,25). The highest BCUT2D eigenvalue weighted by molar-refractivity contribution is 5.95. The van der Waals surface area contributed by atoms with Crippen LogP contribution in [0.3, 0.4) is 0 Å². The maximum atomic E-state index is 12.7. The summed E-state index contributed by atoms with van der Waals surface area (Å²) in [4.78, 5) is 33.1. The molecule has 0 spiro atoms. The Kier molecular flexibility index (Phi) is 5.83. The fourth-order valence-electron chi connectivity index (χ4n) is 3.08. The largest absolute Gasteiger partial charge is 0.353 e. The fraction of sp³-hybridized carbons (Fsp3) is 0.450. The van der Waals surface area contributed by atoms with Crippen molar-refractivity contribution in [1.29, 1.82) is 0 Å². The molecule has 1 aliphatic rings. The van der Waals surface area contributed by atoms with E-state index in [-0.39, 0.29) is 17.9 Å². The first-order valence-corrected chi connectivity index (χ1v) is 9.23. The van der Waals surface area contributed by atoms with Gasteiger partial charge in [-0.05, 0) is 25.5 Å². The molecule has 2 amide bonds. The molecule has 0 radical (unpaired) electrons. The summed E-state index contributed by atoms with van der Waals surface area (Å²) in [6, 6.07) is 11.7. The summed E-state index contributed by atoms with van der Waals surface area (Å²) >= 11 is 0. The lowest BCUT2D eigenvalue weighted by molar-refractivity contribution is -0.123. The maximum Gasteiger partial charge on any atom is 0.272 e. The normalized spacial score (nSPS) is 16.5. The molecule has 138 valence electrons. The Labute approximate surface area is 154 Å². The lowest BCUT2D eigenvalue weighted by Gasteiger charge is -2.34. The van der Waals surface area contributed by atoms with Gasteiger partial charge in [0.2, 0.25) is 5.91 Å². The van der Waals surface area contributed by atoms with E-state index >= 15 is 0 Å². The summed E-state index contributed by atoms with van der Waals surface area (Å²) in [5, 5.41) is 4.01. The van der Waals surface area contributed by atoms with Crippen molar-refractivity contribution in [3.8, 4) is 0 Å². The van der Waals surface area contributed by atoms with Crippen molar-refractivity contribution >= 4 is 22.7 Å². The van der Waals surface area contributed by atoms with Crippen LogP contribution in [0.1, 0.15) is 30.8 Å². The molecule has 0 aliphatic carbocycles. The molecule has 1 atom stereocenters. The molecule has 1 N–H and O–H groups in total. The average molecular weight is 354 g/mol. The number of amides is 2. The number of hydrogen-bond acceptors (Lipinski definition) is 4. The number of pyridine rings is 1. The third-order valence-corrected chi connectivity index (χ3v) is 4.86. The van der Waals surface area contributed by atoms with E-state index in [0.29, 0.717) is 38.4 Å². The fourth-order valence-corrected chi connectivity index (χ4v) is 3.08. The zero-order valence-corrected chi connectivity index (χ0v) is 15.4. The molecular formula is C20H26N4O2. The van der Waals surface area contributed by atoms with Gasteiger partial charge < -0.3 is 10.2 Å². The van der Waals surface area contributed by atoms with E-state index in [0.717, 1.165) is 17.3 Å².